The summed E-state index contributed by atoms with van der Waals surface area (Å²) in [6.07, 6.45) is -0.154. The number of benzene rings is 2. The maximum absolute atomic E-state index is 12.3. The molecular formula is C21H19N3O7. The predicted octanol–water partition coefficient (Wildman–Crippen LogP) is 1.82. The lowest BCUT2D eigenvalue weighted by Crippen LogP contribution is -2.43. The molecule has 1 atom stereocenters. The summed E-state index contributed by atoms with van der Waals surface area (Å²) in [6.45, 7) is 1.26. The number of amides is 2. The highest BCUT2D eigenvalue weighted by Gasteiger charge is 2.36. The summed E-state index contributed by atoms with van der Waals surface area (Å²) in [6, 6.07) is 11.7. The molecule has 1 saturated heterocycles. The van der Waals surface area contributed by atoms with Crippen LogP contribution in [0.1, 0.15) is 32.7 Å². The molecule has 0 unspecified atom stereocenters. The Kier molecular flexibility index (Phi) is 6.39. The number of hydrogen-bond donors (Lipinski definition) is 1. The number of aryl methyl sites for hydroxylation is 1. The van der Waals surface area contributed by atoms with Gasteiger partial charge in [-0.1, -0.05) is 17.7 Å². The molecule has 2 aromatic carbocycles. The zero-order chi connectivity index (χ0) is 22.5. The Morgan fingerprint density at radius 1 is 1.10 bits per heavy atom. The van der Waals surface area contributed by atoms with Crippen LogP contribution in [0.2, 0.25) is 0 Å². The van der Waals surface area contributed by atoms with Gasteiger partial charge in [0.1, 0.15) is 0 Å². The van der Waals surface area contributed by atoms with Gasteiger partial charge in [0.05, 0.1) is 17.4 Å². The smallest absolute Gasteiger partial charge is 0.311 e. The molecule has 1 aliphatic heterocycles. The van der Waals surface area contributed by atoms with Gasteiger partial charge >= 0.3 is 5.97 Å². The van der Waals surface area contributed by atoms with E-state index in [2.05, 4.69) is 5.43 Å². The van der Waals surface area contributed by atoms with E-state index in [0.717, 1.165) is 10.6 Å². The highest BCUT2D eigenvalue weighted by molar-refractivity contribution is 5.99. The van der Waals surface area contributed by atoms with Crippen molar-refractivity contribution in [2.24, 2.45) is 5.92 Å². The van der Waals surface area contributed by atoms with Crippen LogP contribution in [0.4, 0.5) is 5.69 Å². The van der Waals surface area contributed by atoms with Crippen molar-refractivity contribution in [1.29, 1.82) is 0 Å². The van der Waals surface area contributed by atoms with Crippen LogP contribution >= 0.6 is 0 Å². The first-order chi connectivity index (χ1) is 14.7. The molecule has 0 saturated carbocycles. The number of ether oxygens (including phenoxy) is 1. The zero-order valence-electron chi connectivity index (χ0n) is 16.6. The molecule has 2 amide bonds. The van der Waals surface area contributed by atoms with Crippen LogP contribution in [0.15, 0.2) is 48.5 Å². The van der Waals surface area contributed by atoms with Crippen molar-refractivity contribution in [2.45, 2.75) is 13.3 Å². The van der Waals surface area contributed by atoms with Gasteiger partial charge in [0.2, 0.25) is 5.91 Å². The van der Waals surface area contributed by atoms with Gasteiger partial charge in [0.15, 0.2) is 12.4 Å². The molecule has 31 heavy (non-hydrogen) atoms. The number of carbonyl (C=O) groups is 4. The number of hydrogen-bond acceptors (Lipinski definition) is 7. The molecule has 0 radical (unpaired) electrons. The van der Waals surface area contributed by atoms with E-state index in [1.807, 2.05) is 6.92 Å². The van der Waals surface area contributed by atoms with E-state index in [0.29, 0.717) is 5.56 Å². The number of nitrogens with one attached hydrogen (secondary N) is 1. The molecule has 2 aromatic rings. The van der Waals surface area contributed by atoms with E-state index >= 15 is 0 Å². The van der Waals surface area contributed by atoms with Crippen LogP contribution in [0, 0.1) is 23.0 Å². The Bertz CT molecular complexity index is 1030. The number of Topliss-reactive ketones (excluding diaryl/α,β-unsaturated/α-hetero) is 1. The number of esters is 1. The van der Waals surface area contributed by atoms with Crippen molar-refractivity contribution in [3.05, 3.63) is 75.3 Å². The van der Waals surface area contributed by atoms with Gasteiger partial charge in [-0.05, 0) is 31.2 Å². The fourth-order valence-electron chi connectivity index (χ4n) is 2.97. The number of ketones is 1. The molecule has 0 spiro atoms. The summed E-state index contributed by atoms with van der Waals surface area (Å²) >= 11 is 0. The number of carbonyl (C=O) groups excluding carboxylic acids is 4. The zero-order valence-corrected chi connectivity index (χ0v) is 16.6. The average molecular weight is 425 g/mol. The van der Waals surface area contributed by atoms with Crippen LogP contribution in [0.25, 0.3) is 0 Å². The van der Waals surface area contributed by atoms with Crippen LogP contribution in [0.5, 0.6) is 0 Å². The molecule has 0 aromatic heterocycles. The van der Waals surface area contributed by atoms with E-state index in [4.69, 9.17) is 4.74 Å². The van der Waals surface area contributed by atoms with Gasteiger partial charge in [-0.2, -0.15) is 0 Å². The molecule has 1 fully saturated rings. The Labute approximate surface area is 176 Å². The van der Waals surface area contributed by atoms with E-state index in [1.54, 1.807) is 24.3 Å². The molecular weight excluding hydrogens is 406 g/mol. The topological polar surface area (TPSA) is 136 Å². The first kappa shape index (κ1) is 21.6. The van der Waals surface area contributed by atoms with Crippen molar-refractivity contribution in [3.8, 4) is 0 Å². The summed E-state index contributed by atoms with van der Waals surface area (Å²) in [4.78, 5) is 58.8. The van der Waals surface area contributed by atoms with Crippen molar-refractivity contribution in [3.63, 3.8) is 0 Å². The maximum atomic E-state index is 12.3. The number of rotatable bonds is 7. The second kappa shape index (κ2) is 9.16. The highest BCUT2D eigenvalue weighted by atomic mass is 16.6. The lowest BCUT2D eigenvalue weighted by molar-refractivity contribution is -0.384. The first-order valence-corrected chi connectivity index (χ1v) is 9.37. The summed E-state index contributed by atoms with van der Waals surface area (Å²) in [5.41, 5.74) is 3.83. The van der Waals surface area contributed by atoms with Crippen LogP contribution < -0.4 is 5.43 Å². The van der Waals surface area contributed by atoms with Gasteiger partial charge in [-0.25, -0.2) is 0 Å². The summed E-state index contributed by atoms with van der Waals surface area (Å²) < 4.78 is 5.01. The third-order valence-electron chi connectivity index (χ3n) is 4.75. The van der Waals surface area contributed by atoms with E-state index in [1.165, 1.54) is 24.3 Å². The third-order valence-corrected chi connectivity index (χ3v) is 4.75. The number of non-ortho nitro benzene ring substituents is 1. The van der Waals surface area contributed by atoms with Crippen LogP contribution in [-0.2, 0) is 14.3 Å². The SMILES string of the molecule is Cc1ccc(C(=O)NN2C[C@H](C(=O)OCC(=O)c3ccc([N+](=O)[O-])cc3)CC2=O)cc1. The Balaban J connectivity index is 1.51. The standard InChI is InChI=1S/C21H19N3O7/c1-13-2-4-15(5-3-13)20(27)22-23-11-16(10-19(23)26)21(28)31-12-18(25)14-6-8-17(9-7-14)24(29)30/h2-9,16H,10-12H2,1H3,(H,22,27)/t16-/m1/s1. The van der Waals surface area contributed by atoms with E-state index in [9.17, 15) is 29.3 Å². The maximum Gasteiger partial charge on any atom is 0.311 e. The monoisotopic (exact) mass is 425 g/mol. The van der Waals surface area contributed by atoms with Crippen molar-refractivity contribution in [1.82, 2.24) is 10.4 Å². The molecule has 10 heteroatoms. The number of nitrogens with zero attached hydrogens (tertiary/aromatic N) is 2. The minimum Gasteiger partial charge on any atom is -0.457 e. The van der Waals surface area contributed by atoms with E-state index < -0.39 is 41.0 Å². The average Bonchev–Trinajstić information content (AvgIpc) is 3.12. The molecule has 1 aliphatic rings. The normalized spacial score (nSPS) is 15.5. The van der Waals surface area contributed by atoms with Gasteiger partial charge < -0.3 is 4.74 Å². The van der Waals surface area contributed by atoms with Crippen LogP contribution in [0.3, 0.4) is 0 Å². The molecule has 1 N–H and O–H groups in total. The number of hydrazine groups is 1. The number of nitro groups is 1. The highest BCUT2D eigenvalue weighted by Crippen LogP contribution is 2.19. The lowest BCUT2D eigenvalue weighted by Gasteiger charge is -2.17. The summed E-state index contributed by atoms with van der Waals surface area (Å²) in [5.74, 6) is -3.01. The fraction of sp³-hybridized carbons (Fsp3) is 0.238. The largest absolute Gasteiger partial charge is 0.457 e. The quantitative estimate of drug-likeness (QED) is 0.309. The van der Waals surface area contributed by atoms with Crippen molar-refractivity contribution < 1.29 is 28.8 Å². The second-order valence-corrected chi connectivity index (χ2v) is 7.05. The molecule has 10 nitrogen and oxygen atoms in total. The van der Waals surface area contributed by atoms with Gasteiger partial charge in [0, 0.05) is 29.7 Å². The lowest BCUT2D eigenvalue weighted by atomic mass is 10.1. The molecule has 0 bridgehead atoms. The van der Waals surface area contributed by atoms with Gasteiger partial charge in [-0.15, -0.1) is 0 Å². The fourth-order valence-corrected chi connectivity index (χ4v) is 2.97. The van der Waals surface area contributed by atoms with Crippen LogP contribution in [-0.4, -0.2) is 46.7 Å². The minimum absolute atomic E-state index is 0.0685. The summed E-state index contributed by atoms with van der Waals surface area (Å²) in [5, 5.41) is 11.7. The molecule has 1 heterocycles. The summed E-state index contributed by atoms with van der Waals surface area (Å²) in [7, 11) is 0. The molecule has 160 valence electrons. The van der Waals surface area contributed by atoms with Crippen molar-refractivity contribution >= 4 is 29.3 Å². The third kappa shape index (κ3) is 5.30. The Hall–Kier alpha value is -4.08. The van der Waals surface area contributed by atoms with Gasteiger partial charge in [0.25, 0.3) is 11.6 Å². The molecule has 3 rings (SSSR count). The minimum atomic E-state index is -0.824. The second-order valence-electron chi connectivity index (χ2n) is 7.05. The van der Waals surface area contributed by atoms with Gasteiger partial charge in [-0.3, -0.25) is 39.7 Å². The predicted molar refractivity (Wildman–Crippen MR) is 107 cm³/mol. The molecule has 0 aliphatic carbocycles. The van der Waals surface area contributed by atoms with Crippen molar-refractivity contribution in [2.75, 3.05) is 13.2 Å². The first-order valence-electron chi connectivity index (χ1n) is 9.37. The Morgan fingerprint density at radius 3 is 2.32 bits per heavy atom. The van der Waals surface area contributed by atoms with E-state index in [-0.39, 0.29) is 24.2 Å². The Morgan fingerprint density at radius 2 is 1.71 bits per heavy atom. The number of nitro benzene ring substituents is 1.